The second kappa shape index (κ2) is 4.32. The summed E-state index contributed by atoms with van der Waals surface area (Å²) in [5, 5.41) is 1.17. The van der Waals surface area contributed by atoms with E-state index in [4.69, 9.17) is 5.84 Å². The maximum Gasteiger partial charge on any atom is 0.223 e. The van der Waals surface area contributed by atoms with Gasteiger partial charge in [-0.25, -0.2) is 5.84 Å². The van der Waals surface area contributed by atoms with E-state index in [9.17, 15) is 4.79 Å². The molecule has 9 heavy (non-hydrogen) atoms. The zero-order chi connectivity index (χ0) is 7.28. The van der Waals surface area contributed by atoms with Gasteiger partial charge in [0.15, 0.2) is 0 Å². The van der Waals surface area contributed by atoms with Crippen LogP contribution in [0.25, 0.3) is 0 Å². The van der Waals surface area contributed by atoms with E-state index in [2.05, 4.69) is 13.8 Å². The third-order valence-electron chi connectivity index (χ3n) is 1.35. The lowest BCUT2D eigenvalue weighted by Crippen LogP contribution is -2.33. The van der Waals surface area contributed by atoms with Gasteiger partial charge in [-0.2, -0.15) is 0 Å². The van der Waals surface area contributed by atoms with E-state index in [1.807, 2.05) is 0 Å². The summed E-state index contributed by atoms with van der Waals surface area (Å²) in [6.07, 6.45) is 1.70. The summed E-state index contributed by atoms with van der Waals surface area (Å²) in [5.41, 5.74) is 0. The molecule has 1 unspecified atom stereocenters. The maximum atomic E-state index is 9.96. The van der Waals surface area contributed by atoms with Crippen LogP contribution >= 0.6 is 0 Å². The van der Waals surface area contributed by atoms with Crippen molar-refractivity contribution in [3.8, 4) is 0 Å². The number of hydrazine groups is 1. The van der Waals surface area contributed by atoms with Gasteiger partial charge in [0.1, 0.15) is 0 Å². The summed E-state index contributed by atoms with van der Waals surface area (Å²) in [6, 6.07) is 0. The van der Waals surface area contributed by atoms with Crippen LogP contribution in [-0.4, -0.2) is 18.0 Å². The molecule has 2 N–H and O–H groups in total. The van der Waals surface area contributed by atoms with Crippen LogP contribution in [-0.2, 0) is 4.79 Å². The van der Waals surface area contributed by atoms with Gasteiger partial charge in [0.2, 0.25) is 6.41 Å². The van der Waals surface area contributed by atoms with Gasteiger partial charge >= 0.3 is 0 Å². The molecule has 0 aliphatic carbocycles. The maximum absolute atomic E-state index is 9.96. The molecule has 1 atom stereocenters. The fraction of sp³-hybridized carbons (Fsp3) is 0.833. The second-order valence-electron chi connectivity index (χ2n) is 2.32. The van der Waals surface area contributed by atoms with E-state index in [1.165, 1.54) is 5.01 Å². The van der Waals surface area contributed by atoms with Crippen LogP contribution in [0.1, 0.15) is 20.3 Å². The first-order chi connectivity index (χ1) is 4.20. The van der Waals surface area contributed by atoms with Crippen molar-refractivity contribution in [2.75, 3.05) is 6.54 Å². The topological polar surface area (TPSA) is 46.3 Å². The van der Waals surface area contributed by atoms with E-state index in [0.29, 0.717) is 18.9 Å². The van der Waals surface area contributed by atoms with Crippen molar-refractivity contribution in [1.82, 2.24) is 5.01 Å². The normalized spacial score (nSPS) is 12.8. The SMILES string of the molecule is CCC(C)CN(N)C=O. The van der Waals surface area contributed by atoms with Crippen molar-refractivity contribution < 1.29 is 4.79 Å². The Hall–Kier alpha value is -0.570. The van der Waals surface area contributed by atoms with E-state index in [-0.39, 0.29) is 0 Å². The minimum absolute atomic E-state index is 0.500. The first kappa shape index (κ1) is 8.43. The van der Waals surface area contributed by atoms with E-state index < -0.39 is 0 Å². The zero-order valence-corrected chi connectivity index (χ0v) is 6.00. The van der Waals surface area contributed by atoms with Crippen LogP contribution in [0, 0.1) is 5.92 Å². The number of hydrogen-bond acceptors (Lipinski definition) is 2. The minimum atomic E-state index is 0.500. The van der Waals surface area contributed by atoms with Crippen LogP contribution in [0.15, 0.2) is 0 Å². The van der Waals surface area contributed by atoms with Gasteiger partial charge in [-0.3, -0.25) is 9.80 Å². The Morgan fingerprint density at radius 3 is 2.67 bits per heavy atom. The van der Waals surface area contributed by atoms with Crippen molar-refractivity contribution in [2.24, 2.45) is 11.8 Å². The van der Waals surface area contributed by atoms with Crippen LogP contribution in [0.4, 0.5) is 0 Å². The number of nitrogens with two attached hydrogens (primary N) is 1. The van der Waals surface area contributed by atoms with Crippen LogP contribution in [0.3, 0.4) is 0 Å². The predicted octanol–water partition coefficient (Wildman–Crippen LogP) is 0.365. The van der Waals surface area contributed by atoms with E-state index in [1.54, 1.807) is 0 Å². The number of nitrogens with zero attached hydrogens (tertiary/aromatic N) is 1. The number of rotatable bonds is 4. The van der Waals surface area contributed by atoms with E-state index >= 15 is 0 Å². The summed E-state index contributed by atoms with van der Waals surface area (Å²) in [4.78, 5) is 9.96. The van der Waals surface area contributed by atoms with Gasteiger partial charge in [0.05, 0.1) is 0 Å². The van der Waals surface area contributed by atoms with Gasteiger partial charge in [-0.05, 0) is 5.92 Å². The molecule has 54 valence electrons. The molecule has 0 spiro atoms. The summed E-state index contributed by atoms with van der Waals surface area (Å²) in [6.45, 7) is 4.78. The Balaban J connectivity index is 3.33. The van der Waals surface area contributed by atoms with Gasteiger partial charge in [0, 0.05) is 6.54 Å². The Morgan fingerprint density at radius 2 is 2.33 bits per heavy atom. The Kier molecular flexibility index (Phi) is 4.05. The molecule has 1 amide bonds. The number of carbonyl (C=O) groups excluding carboxylic acids is 1. The Bertz CT molecular complexity index is 85.1. The van der Waals surface area contributed by atoms with Crippen LogP contribution in [0.2, 0.25) is 0 Å². The molecule has 3 nitrogen and oxygen atoms in total. The van der Waals surface area contributed by atoms with Gasteiger partial charge in [-0.1, -0.05) is 20.3 Å². The largest absolute Gasteiger partial charge is 0.283 e. The molecular formula is C6H14N2O. The molecule has 0 fully saturated rings. The highest BCUT2D eigenvalue weighted by Crippen LogP contribution is 1.99. The summed E-state index contributed by atoms with van der Waals surface area (Å²) in [7, 11) is 0. The Morgan fingerprint density at radius 1 is 1.78 bits per heavy atom. The standard InChI is InChI=1S/C6H14N2O/c1-3-6(2)4-8(7)5-9/h5-6H,3-4,7H2,1-2H3. The number of amides is 1. The molecule has 0 rings (SSSR count). The smallest absolute Gasteiger partial charge is 0.223 e. The van der Waals surface area contributed by atoms with Crippen molar-refractivity contribution in [2.45, 2.75) is 20.3 Å². The lowest BCUT2D eigenvalue weighted by atomic mass is 10.1. The third kappa shape index (κ3) is 3.97. The molecule has 0 aromatic carbocycles. The van der Waals surface area contributed by atoms with Crippen molar-refractivity contribution in [3.63, 3.8) is 0 Å². The highest BCUT2D eigenvalue weighted by atomic mass is 16.1. The molecule has 0 heterocycles. The van der Waals surface area contributed by atoms with Crippen molar-refractivity contribution in [3.05, 3.63) is 0 Å². The molecule has 0 saturated carbocycles. The van der Waals surface area contributed by atoms with Gasteiger partial charge < -0.3 is 0 Å². The van der Waals surface area contributed by atoms with Gasteiger partial charge in [-0.15, -0.1) is 0 Å². The summed E-state index contributed by atoms with van der Waals surface area (Å²) >= 11 is 0. The lowest BCUT2D eigenvalue weighted by Gasteiger charge is -2.14. The quantitative estimate of drug-likeness (QED) is 0.258. The molecule has 0 radical (unpaired) electrons. The molecule has 0 bridgehead atoms. The molecule has 0 aliphatic heterocycles. The molecule has 0 aliphatic rings. The minimum Gasteiger partial charge on any atom is -0.283 e. The third-order valence-corrected chi connectivity index (χ3v) is 1.35. The Labute approximate surface area is 55.8 Å². The molecule has 0 aromatic rings. The van der Waals surface area contributed by atoms with Crippen LogP contribution in [0.5, 0.6) is 0 Å². The fourth-order valence-electron chi connectivity index (χ4n) is 0.532. The van der Waals surface area contributed by atoms with Crippen LogP contribution < -0.4 is 5.84 Å². The molecular weight excluding hydrogens is 116 g/mol. The van der Waals surface area contributed by atoms with E-state index in [0.717, 1.165) is 6.42 Å². The number of hydrogen-bond donors (Lipinski definition) is 1. The lowest BCUT2D eigenvalue weighted by molar-refractivity contribution is -0.118. The highest BCUT2D eigenvalue weighted by Gasteiger charge is 2.00. The first-order valence-corrected chi connectivity index (χ1v) is 3.17. The fourth-order valence-corrected chi connectivity index (χ4v) is 0.532. The number of carbonyl (C=O) groups is 1. The average Bonchev–Trinajstić information content (AvgIpc) is 1.87. The van der Waals surface area contributed by atoms with Crippen molar-refractivity contribution in [1.29, 1.82) is 0 Å². The predicted molar refractivity (Wildman–Crippen MR) is 36.4 cm³/mol. The second-order valence-corrected chi connectivity index (χ2v) is 2.32. The molecule has 0 saturated heterocycles. The molecule has 3 heteroatoms. The summed E-state index contributed by atoms with van der Waals surface area (Å²) in [5.74, 6) is 5.71. The first-order valence-electron chi connectivity index (χ1n) is 3.17. The van der Waals surface area contributed by atoms with Gasteiger partial charge in [0.25, 0.3) is 0 Å². The molecule has 0 aromatic heterocycles. The van der Waals surface area contributed by atoms with Crippen molar-refractivity contribution >= 4 is 6.41 Å². The monoisotopic (exact) mass is 130 g/mol. The highest BCUT2D eigenvalue weighted by molar-refractivity contribution is 5.45. The summed E-state index contributed by atoms with van der Waals surface area (Å²) < 4.78 is 0. The zero-order valence-electron chi connectivity index (χ0n) is 6.00. The average molecular weight is 130 g/mol.